The zero-order valence-electron chi connectivity index (χ0n) is 11.5. The van der Waals surface area contributed by atoms with E-state index in [1.54, 1.807) is 37.4 Å². The Hall–Kier alpha value is -1.92. The van der Waals surface area contributed by atoms with Crippen molar-refractivity contribution in [2.75, 3.05) is 7.11 Å². The van der Waals surface area contributed by atoms with Crippen LogP contribution < -0.4 is 9.46 Å². The lowest BCUT2D eigenvalue weighted by atomic mass is 10.2. The molecule has 0 atom stereocenters. The van der Waals surface area contributed by atoms with Crippen LogP contribution in [0.2, 0.25) is 0 Å². The summed E-state index contributed by atoms with van der Waals surface area (Å²) in [4.78, 5) is 0. The van der Waals surface area contributed by atoms with Gasteiger partial charge in [-0.3, -0.25) is 0 Å². The highest BCUT2D eigenvalue weighted by Gasteiger charge is 2.11. The van der Waals surface area contributed by atoms with Crippen LogP contribution in [-0.4, -0.2) is 15.5 Å². The molecule has 2 rings (SSSR count). The maximum Gasteiger partial charge on any atom is 0.216 e. The summed E-state index contributed by atoms with van der Waals surface area (Å²) in [6.07, 6.45) is 0. The second kappa shape index (κ2) is 6.69. The van der Waals surface area contributed by atoms with Gasteiger partial charge in [-0.15, -0.1) is 0 Å². The van der Waals surface area contributed by atoms with Gasteiger partial charge >= 0.3 is 0 Å². The lowest BCUT2D eigenvalue weighted by Gasteiger charge is -2.08. The molecule has 0 aliphatic heterocycles. The van der Waals surface area contributed by atoms with E-state index in [1.807, 2.05) is 0 Å². The van der Waals surface area contributed by atoms with Crippen molar-refractivity contribution in [3.8, 4) is 5.75 Å². The van der Waals surface area contributed by atoms with Gasteiger partial charge in [0.05, 0.1) is 12.9 Å². The van der Waals surface area contributed by atoms with Crippen LogP contribution in [0.15, 0.2) is 48.5 Å². The quantitative estimate of drug-likeness (QED) is 0.892. The van der Waals surface area contributed by atoms with Gasteiger partial charge < -0.3 is 4.74 Å². The average Bonchev–Trinajstić information content (AvgIpc) is 2.45. The number of ether oxygens (including phenoxy) is 1. The molecule has 1 N–H and O–H groups in total. The second-order valence-electron chi connectivity index (χ2n) is 4.56. The molecule has 0 aliphatic carbocycles. The van der Waals surface area contributed by atoms with Gasteiger partial charge in [0.25, 0.3) is 0 Å². The summed E-state index contributed by atoms with van der Waals surface area (Å²) >= 11 is 0. The van der Waals surface area contributed by atoms with Crippen molar-refractivity contribution < 1.29 is 17.5 Å². The van der Waals surface area contributed by atoms with Gasteiger partial charge in [0.2, 0.25) is 10.0 Å². The summed E-state index contributed by atoms with van der Waals surface area (Å²) in [5.41, 5.74) is 1.23. The highest BCUT2D eigenvalue weighted by molar-refractivity contribution is 7.88. The van der Waals surface area contributed by atoms with Gasteiger partial charge in [-0.05, 0) is 35.4 Å². The van der Waals surface area contributed by atoms with E-state index in [1.165, 1.54) is 18.2 Å². The van der Waals surface area contributed by atoms with Crippen LogP contribution >= 0.6 is 0 Å². The fraction of sp³-hybridized carbons (Fsp3) is 0.200. The molecule has 0 aromatic heterocycles. The van der Waals surface area contributed by atoms with Crippen molar-refractivity contribution in [2.24, 2.45) is 0 Å². The number of sulfonamides is 1. The van der Waals surface area contributed by atoms with E-state index in [4.69, 9.17) is 4.74 Å². The van der Waals surface area contributed by atoms with Crippen LogP contribution in [0, 0.1) is 5.82 Å². The molecule has 21 heavy (non-hydrogen) atoms. The normalized spacial score (nSPS) is 11.3. The van der Waals surface area contributed by atoms with E-state index in [0.29, 0.717) is 11.3 Å². The molecule has 0 saturated carbocycles. The monoisotopic (exact) mass is 309 g/mol. The van der Waals surface area contributed by atoms with Crippen LogP contribution in [-0.2, 0) is 22.3 Å². The number of rotatable bonds is 6. The molecule has 0 amide bonds. The van der Waals surface area contributed by atoms with Crippen LogP contribution in [0.3, 0.4) is 0 Å². The van der Waals surface area contributed by atoms with Crippen molar-refractivity contribution >= 4 is 10.0 Å². The van der Waals surface area contributed by atoms with Gasteiger partial charge in [0.15, 0.2) is 0 Å². The Labute approximate surface area is 123 Å². The number of nitrogens with one attached hydrogen (secondary N) is 1. The molecule has 0 unspecified atom stereocenters. The van der Waals surface area contributed by atoms with Crippen LogP contribution in [0.1, 0.15) is 11.1 Å². The lowest BCUT2D eigenvalue weighted by molar-refractivity contribution is 0.414. The minimum Gasteiger partial charge on any atom is -0.497 e. The third kappa shape index (κ3) is 4.84. The van der Waals surface area contributed by atoms with Crippen molar-refractivity contribution in [3.05, 3.63) is 65.5 Å². The third-order valence-corrected chi connectivity index (χ3v) is 4.20. The van der Waals surface area contributed by atoms with Gasteiger partial charge in [-0.25, -0.2) is 17.5 Å². The van der Waals surface area contributed by atoms with E-state index in [0.717, 1.165) is 5.56 Å². The minimum absolute atomic E-state index is 0.182. The van der Waals surface area contributed by atoms with E-state index in [2.05, 4.69) is 4.72 Å². The summed E-state index contributed by atoms with van der Waals surface area (Å²) in [6, 6.07) is 12.6. The summed E-state index contributed by atoms with van der Waals surface area (Å²) in [6.45, 7) is 0.182. The van der Waals surface area contributed by atoms with Gasteiger partial charge in [-0.2, -0.15) is 0 Å². The summed E-state index contributed by atoms with van der Waals surface area (Å²) in [7, 11) is -1.95. The predicted octanol–water partition coefficient (Wildman–Crippen LogP) is 2.45. The SMILES string of the molecule is COc1ccc(CNS(=O)(=O)Cc2cccc(F)c2)cc1. The number of hydrogen-bond donors (Lipinski definition) is 1. The maximum absolute atomic E-state index is 13.0. The smallest absolute Gasteiger partial charge is 0.216 e. The molecular formula is C15H16FNO3S. The fourth-order valence-corrected chi connectivity index (χ4v) is 2.94. The minimum atomic E-state index is -3.51. The number of halogens is 1. The first-order valence-corrected chi connectivity index (χ1v) is 7.98. The van der Waals surface area contributed by atoms with E-state index >= 15 is 0 Å². The Kier molecular flexibility index (Phi) is 4.93. The zero-order chi connectivity index (χ0) is 15.3. The van der Waals surface area contributed by atoms with E-state index < -0.39 is 15.8 Å². The maximum atomic E-state index is 13.0. The molecule has 0 radical (unpaired) electrons. The fourth-order valence-electron chi connectivity index (χ4n) is 1.83. The average molecular weight is 309 g/mol. The molecule has 4 nitrogen and oxygen atoms in total. The summed E-state index contributed by atoms with van der Waals surface area (Å²) in [5, 5.41) is 0. The molecule has 112 valence electrons. The van der Waals surface area contributed by atoms with Gasteiger partial charge in [0, 0.05) is 6.54 Å². The van der Waals surface area contributed by atoms with Crippen LogP contribution in [0.5, 0.6) is 5.75 Å². The summed E-state index contributed by atoms with van der Waals surface area (Å²) in [5.74, 6) is 0.0141. The molecule has 0 bridgehead atoms. The first-order valence-electron chi connectivity index (χ1n) is 6.33. The summed E-state index contributed by atoms with van der Waals surface area (Å²) < 4.78 is 44.5. The number of hydrogen-bond acceptors (Lipinski definition) is 3. The zero-order valence-corrected chi connectivity index (χ0v) is 12.4. The van der Waals surface area contributed by atoms with Crippen LogP contribution in [0.4, 0.5) is 4.39 Å². The first kappa shape index (κ1) is 15.5. The molecule has 0 heterocycles. The molecule has 2 aromatic carbocycles. The third-order valence-electron chi connectivity index (χ3n) is 2.90. The first-order chi connectivity index (χ1) is 9.98. The van der Waals surface area contributed by atoms with Gasteiger partial charge in [-0.1, -0.05) is 24.3 Å². The van der Waals surface area contributed by atoms with Gasteiger partial charge in [0.1, 0.15) is 11.6 Å². The predicted molar refractivity (Wildman–Crippen MR) is 78.9 cm³/mol. The van der Waals surface area contributed by atoms with Crippen molar-refractivity contribution in [2.45, 2.75) is 12.3 Å². The van der Waals surface area contributed by atoms with E-state index in [-0.39, 0.29) is 12.3 Å². The highest BCUT2D eigenvalue weighted by Crippen LogP contribution is 2.12. The molecule has 0 fully saturated rings. The molecule has 0 aliphatic rings. The molecule has 2 aromatic rings. The topological polar surface area (TPSA) is 55.4 Å². The van der Waals surface area contributed by atoms with Crippen molar-refractivity contribution in [1.82, 2.24) is 4.72 Å². The lowest BCUT2D eigenvalue weighted by Crippen LogP contribution is -2.24. The molecule has 0 saturated heterocycles. The van der Waals surface area contributed by atoms with E-state index in [9.17, 15) is 12.8 Å². The second-order valence-corrected chi connectivity index (χ2v) is 6.37. The molecule has 0 spiro atoms. The Morgan fingerprint density at radius 2 is 1.81 bits per heavy atom. The number of benzene rings is 2. The van der Waals surface area contributed by atoms with Crippen LogP contribution in [0.25, 0.3) is 0 Å². The van der Waals surface area contributed by atoms with Crippen molar-refractivity contribution in [3.63, 3.8) is 0 Å². The molecular weight excluding hydrogens is 293 g/mol. The standard InChI is InChI=1S/C15H16FNO3S/c1-20-15-7-5-12(6-8-15)10-17-21(18,19)11-13-3-2-4-14(16)9-13/h2-9,17H,10-11H2,1H3. The Morgan fingerprint density at radius 3 is 2.43 bits per heavy atom. The largest absolute Gasteiger partial charge is 0.497 e. The Morgan fingerprint density at radius 1 is 1.10 bits per heavy atom. The highest BCUT2D eigenvalue weighted by atomic mass is 32.2. The number of methoxy groups -OCH3 is 1. The Bertz CT molecular complexity index is 699. The van der Waals surface area contributed by atoms with Crippen molar-refractivity contribution in [1.29, 1.82) is 0 Å². The Balaban J connectivity index is 1.97. The molecule has 6 heteroatoms.